The highest BCUT2D eigenvalue weighted by Gasteiger charge is 2.20. The van der Waals surface area contributed by atoms with Gasteiger partial charge in [0.15, 0.2) is 0 Å². The number of carbonyl (C=O) groups excluding carboxylic acids is 1. The van der Waals surface area contributed by atoms with E-state index in [1.165, 1.54) is 5.56 Å². The summed E-state index contributed by atoms with van der Waals surface area (Å²) < 4.78 is 2.01. The van der Waals surface area contributed by atoms with Crippen molar-refractivity contribution in [3.63, 3.8) is 0 Å². The van der Waals surface area contributed by atoms with Crippen molar-refractivity contribution in [3.05, 3.63) is 70.8 Å². The van der Waals surface area contributed by atoms with E-state index in [1.54, 1.807) is 4.90 Å². The molecule has 132 valence electrons. The van der Waals surface area contributed by atoms with Crippen molar-refractivity contribution in [2.24, 2.45) is 0 Å². The maximum Gasteiger partial charge on any atom is 0.270 e. The van der Waals surface area contributed by atoms with E-state index in [2.05, 4.69) is 35.9 Å². The fourth-order valence-electron chi connectivity index (χ4n) is 3.60. The normalized spacial score (nSPS) is 11.4. The molecule has 4 aromatic rings. The predicted octanol–water partition coefficient (Wildman–Crippen LogP) is 4.01. The summed E-state index contributed by atoms with van der Waals surface area (Å²) in [5.74, 6) is -0.0124. The van der Waals surface area contributed by atoms with Gasteiger partial charge in [-0.2, -0.15) is 0 Å². The molecule has 5 heteroatoms. The number of H-pyrrole nitrogens is 1. The molecule has 5 nitrogen and oxygen atoms in total. The molecule has 3 heterocycles. The Morgan fingerprint density at radius 3 is 2.85 bits per heavy atom. The number of aromatic amines is 1. The molecule has 1 aromatic carbocycles. The first-order valence-electron chi connectivity index (χ1n) is 8.71. The van der Waals surface area contributed by atoms with Gasteiger partial charge >= 0.3 is 0 Å². The molecule has 0 radical (unpaired) electrons. The van der Waals surface area contributed by atoms with Crippen molar-refractivity contribution in [2.45, 2.75) is 27.3 Å². The van der Waals surface area contributed by atoms with Crippen molar-refractivity contribution in [3.8, 4) is 0 Å². The standard InChI is InChI=1S/C21H22N4O/c1-13-9-14(2)19-17(10-13)15(3)20(23-19)21(26)24(4)12-16-11-22-18-7-5-6-8-25(16)18/h5-11,23H,12H2,1-4H3. The lowest BCUT2D eigenvalue weighted by molar-refractivity contribution is 0.0777. The number of nitrogens with one attached hydrogen (secondary N) is 1. The molecule has 0 saturated heterocycles. The number of nitrogens with zero attached hydrogens (tertiary/aromatic N) is 3. The number of benzene rings is 1. The quantitative estimate of drug-likeness (QED) is 0.609. The van der Waals surface area contributed by atoms with E-state index in [0.717, 1.165) is 33.4 Å². The highest BCUT2D eigenvalue weighted by atomic mass is 16.2. The summed E-state index contributed by atoms with van der Waals surface area (Å²) in [4.78, 5) is 22.5. The number of aryl methyl sites for hydroxylation is 3. The molecule has 3 aromatic heterocycles. The maximum atomic E-state index is 13.1. The molecule has 0 saturated carbocycles. The smallest absolute Gasteiger partial charge is 0.270 e. The van der Waals surface area contributed by atoms with Gasteiger partial charge in [-0.1, -0.05) is 17.7 Å². The van der Waals surface area contributed by atoms with Crippen molar-refractivity contribution < 1.29 is 4.79 Å². The first-order valence-corrected chi connectivity index (χ1v) is 8.71. The van der Waals surface area contributed by atoms with E-state index >= 15 is 0 Å². The second-order valence-electron chi connectivity index (χ2n) is 6.97. The van der Waals surface area contributed by atoms with Gasteiger partial charge < -0.3 is 14.3 Å². The van der Waals surface area contributed by atoms with Gasteiger partial charge in [-0.15, -0.1) is 0 Å². The van der Waals surface area contributed by atoms with Crippen LogP contribution in [0.25, 0.3) is 16.6 Å². The first-order chi connectivity index (χ1) is 12.5. The first kappa shape index (κ1) is 16.4. The minimum absolute atomic E-state index is 0.0124. The lowest BCUT2D eigenvalue weighted by Crippen LogP contribution is -2.27. The van der Waals surface area contributed by atoms with Crippen LogP contribution in [0, 0.1) is 20.8 Å². The Morgan fingerprint density at radius 2 is 2.04 bits per heavy atom. The Balaban J connectivity index is 1.68. The molecule has 26 heavy (non-hydrogen) atoms. The summed E-state index contributed by atoms with van der Waals surface area (Å²) in [5, 5.41) is 1.12. The van der Waals surface area contributed by atoms with Gasteiger partial charge in [0.1, 0.15) is 11.3 Å². The SMILES string of the molecule is Cc1cc(C)c2[nH]c(C(=O)N(C)Cc3cnc4ccccn34)c(C)c2c1. The van der Waals surface area contributed by atoms with Crippen LogP contribution >= 0.6 is 0 Å². The van der Waals surface area contributed by atoms with Crippen LogP contribution in [0.1, 0.15) is 32.9 Å². The number of aromatic nitrogens is 3. The lowest BCUT2D eigenvalue weighted by Gasteiger charge is -2.16. The zero-order valence-corrected chi connectivity index (χ0v) is 15.5. The number of pyridine rings is 1. The summed E-state index contributed by atoms with van der Waals surface area (Å²) in [7, 11) is 1.83. The lowest BCUT2D eigenvalue weighted by atomic mass is 10.1. The topological polar surface area (TPSA) is 53.4 Å². The molecule has 0 atom stereocenters. The fraction of sp³-hybridized carbons (Fsp3) is 0.238. The van der Waals surface area contributed by atoms with Crippen LogP contribution < -0.4 is 0 Å². The Hall–Kier alpha value is -3.08. The van der Waals surface area contributed by atoms with Gasteiger partial charge in [0, 0.05) is 24.1 Å². The van der Waals surface area contributed by atoms with Gasteiger partial charge in [-0.05, 0) is 50.1 Å². The van der Waals surface area contributed by atoms with Crippen LogP contribution in [-0.4, -0.2) is 32.2 Å². The Bertz CT molecular complexity index is 1140. The highest BCUT2D eigenvalue weighted by molar-refractivity contribution is 6.01. The van der Waals surface area contributed by atoms with E-state index in [9.17, 15) is 4.79 Å². The summed E-state index contributed by atoms with van der Waals surface area (Å²) >= 11 is 0. The Morgan fingerprint density at radius 1 is 1.23 bits per heavy atom. The summed E-state index contributed by atoms with van der Waals surface area (Å²) in [6, 6.07) is 10.1. The molecule has 0 fully saturated rings. The number of amides is 1. The molecule has 0 aliphatic rings. The molecule has 0 unspecified atom stereocenters. The minimum Gasteiger partial charge on any atom is -0.350 e. The molecular formula is C21H22N4O. The van der Waals surface area contributed by atoms with Crippen LogP contribution in [0.2, 0.25) is 0 Å². The number of hydrogen-bond donors (Lipinski definition) is 1. The number of rotatable bonds is 3. The molecular weight excluding hydrogens is 324 g/mol. The fourth-order valence-corrected chi connectivity index (χ4v) is 3.60. The van der Waals surface area contributed by atoms with Gasteiger partial charge in [-0.3, -0.25) is 4.79 Å². The third-order valence-corrected chi connectivity index (χ3v) is 4.96. The van der Waals surface area contributed by atoms with Gasteiger partial charge in [0.2, 0.25) is 0 Å². The third-order valence-electron chi connectivity index (χ3n) is 4.96. The van der Waals surface area contributed by atoms with Crippen LogP contribution in [0.15, 0.2) is 42.7 Å². The summed E-state index contributed by atoms with van der Waals surface area (Å²) in [5.41, 5.74) is 6.93. The zero-order valence-electron chi connectivity index (χ0n) is 15.5. The van der Waals surface area contributed by atoms with E-state index in [1.807, 2.05) is 49.0 Å². The number of imidazole rings is 1. The average molecular weight is 346 g/mol. The number of carbonyl (C=O) groups is 1. The van der Waals surface area contributed by atoms with Crippen molar-refractivity contribution in [1.29, 1.82) is 0 Å². The number of fused-ring (bicyclic) bond motifs is 2. The monoisotopic (exact) mass is 346 g/mol. The minimum atomic E-state index is -0.0124. The Labute approximate surface area is 152 Å². The second-order valence-corrected chi connectivity index (χ2v) is 6.97. The van der Waals surface area contributed by atoms with Crippen LogP contribution in [0.3, 0.4) is 0 Å². The van der Waals surface area contributed by atoms with E-state index < -0.39 is 0 Å². The van der Waals surface area contributed by atoms with E-state index in [4.69, 9.17) is 0 Å². The molecule has 0 aliphatic carbocycles. The molecule has 1 N–H and O–H groups in total. The van der Waals surface area contributed by atoms with Gasteiger partial charge in [-0.25, -0.2) is 4.98 Å². The van der Waals surface area contributed by atoms with Crippen molar-refractivity contribution in [1.82, 2.24) is 19.3 Å². The number of hydrogen-bond acceptors (Lipinski definition) is 2. The molecule has 4 rings (SSSR count). The zero-order chi connectivity index (χ0) is 18.4. The maximum absolute atomic E-state index is 13.1. The third kappa shape index (κ3) is 2.56. The van der Waals surface area contributed by atoms with E-state index in [-0.39, 0.29) is 5.91 Å². The molecule has 0 aliphatic heterocycles. The molecule has 0 spiro atoms. The molecule has 0 bridgehead atoms. The molecule has 1 amide bonds. The summed E-state index contributed by atoms with van der Waals surface area (Å²) in [6.07, 6.45) is 3.79. The second kappa shape index (κ2) is 6.02. The average Bonchev–Trinajstić information content (AvgIpc) is 3.17. The van der Waals surface area contributed by atoms with Crippen LogP contribution in [0.5, 0.6) is 0 Å². The predicted molar refractivity (Wildman–Crippen MR) is 103 cm³/mol. The van der Waals surface area contributed by atoms with Crippen LogP contribution in [-0.2, 0) is 6.54 Å². The van der Waals surface area contributed by atoms with Gasteiger partial charge in [0.05, 0.1) is 18.4 Å². The van der Waals surface area contributed by atoms with Crippen molar-refractivity contribution in [2.75, 3.05) is 7.05 Å². The van der Waals surface area contributed by atoms with Crippen LogP contribution in [0.4, 0.5) is 0 Å². The largest absolute Gasteiger partial charge is 0.350 e. The van der Waals surface area contributed by atoms with Gasteiger partial charge in [0.25, 0.3) is 5.91 Å². The van der Waals surface area contributed by atoms with E-state index in [0.29, 0.717) is 12.2 Å². The van der Waals surface area contributed by atoms with Crippen molar-refractivity contribution >= 4 is 22.5 Å². The highest BCUT2D eigenvalue weighted by Crippen LogP contribution is 2.27. The summed E-state index contributed by atoms with van der Waals surface area (Å²) in [6.45, 7) is 6.66. The Kier molecular flexibility index (Phi) is 3.80.